The lowest BCUT2D eigenvalue weighted by Gasteiger charge is -2.32. The van der Waals surface area contributed by atoms with Crippen molar-refractivity contribution in [2.75, 3.05) is 24.5 Å². The van der Waals surface area contributed by atoms with Gasteiger partial charge in [0.2, 0.25) is 10.0 Å². The number of benzene rings is 1. The molecule has 0 spiro atoms. The van der Waals surface area contributed by atoms with Crippen molar-refractivity contribution in [2.45, 2.75) is 37.2 Å². The summed E-state index contributed by atoms with van der Waals surface area (Å²) in [5.74, 6) is 0. The molecule has 1 aliphatic rings. The first-order valence-corrected chi connectivity index (χ1v) is 8.54. The zero-order chi connectivity index (χ0) is 14.6. The van der Waals surface area contributed by atoms with E-state index in [9.17, 15) is 13.5 Å². The van der Waals surface area contributed by atoms with Crippen molar-refractivity contribution in [1.82, 2.24) is 4.72 Å². The van der Waals surface area contributed by atoms with Gasteiger partial charge < -0.3 is 10.0 Å². The molecule has 2 N–H and O–H groups in total. The lowest BCUT2D eigenvalue weighted by atomic mass is 10.1. The zero-order valence-corrected chi connectivity index (χ0v) is 12.6. The molecule has 0 amide bonds. The maximum Gasteiger partial charge on any atom is 0.242 e. The molecule has 0 bridgehead atoms. The molecule has 1 aliphatic heterocycles. The predicted molar refractivity (Wildman–Crippen MR) is 79.4 cm³/mol. The summed E-state index contributed by atoms with van der Waals surface area (Å²) in [4.78, 5) is 2.36. The minimum absolute atomic E-state index is 0.270. The number of piperidine rings is 1. The van der Waals surface area contributed by atoms with Crippen LogP contribution in [0, 0.1) is 0 Å². The van der Waals surface area contributed by atoms with E-state index in [1.54, 1.807) is 12.1 Å². The van der Waals surface area contributed by atoms with Gasteiger partial charge in [0.1, 0.15) is 4.90 Å². The molecular weight excluding hydrogens is 276 g/mol. The summed E-state index contributed by atoms with van der Waals surface area (Å²) in [7, 11) is -3.47. The van der Waals surface area contributed by atoms with Gasteiger partial charge in [0.15, 0.2) is 0 Å². The molecule has 1 saturated heterocycles. The lowest BCUT2D eigenvalue weighted by molar-refractivity contribution is 0.145. The zero-order valence-electron chi connectivity index (χ0n) is 11.7. The number of nitrogens with one attached hydrogen (secondary N) is 1. The summed E-state index contributed by atoms with van der Waals surface area (Å²) in [5.41, 5.74) is 0.725. The van der Waals surface area contributed by atoms with E-state index in [0.717, 1.165) is 12.1 Å². The highest BCUT2D eigenvalue weighted by Crippen LogP contribution is 2.27. The number of sulfonamides is 1. The van der Waals surface area contributed by atoms with Gasteiger partial charge in [-0.25, -0.2) is 13.1 Å². The Balaban J connectivity index is 2.26. The van der Waals surface area contributed by atoms with Crippen LogP contribution in [0.2, 0.25) is 0 Å². The quantitative estimate of drug-likeness (QED) is 0.860. The second-order valence-corrected chi connectivity index (χ2v) is 6.82. The molecule has 0 saturated carbocycles. The van der Waals surface area contributed by atoms with Gasteiger partial charge in [-0.15, -0.1) is 0 Å². The molecule has 2 rings (SSSR count). The van der Waals surface area contributed by atoms with Crippen LogP contribution in [0.1, 0.15) is 26.2 Å². The molecule has 0 radical (unpaired) electrons. The van der Waals surface area contributed by atoms with Gasteiger partial charge in [-0.2, -0.15) is 0 Å². The van der Waals surface area contributed by atoms with Crippen LogP contribution in [0.15, 0.2) is 29.2 Å². The Hall–Kier alpha value is -1.11. The van der Waals surface area contributed by atoms with Crippen LogP contribution < -0.4 is 9.62 Å². The third-order valence-corrected chi connectivity index (χ3v) is 5.01. The van der Waals surface area contributed by atoms with Crippen LogP contribution in [0.5, 0.6) is 0 Å². The highest BCUT2D eigenvalue weighted by atomic mass is 32.2. The van der Waals surface area contributed by atoms with Crippen molar-refractivity contribution < 1.29 is 13.5 Å². The van der Waals surface area contributed by atoms with E-state index in [1.165, 1.54) is 0 Å². The topological polar surface area (TPSA) is 69.6 Å². The number of hydrogen-bond acceptors (Lipinski definition) is 4. The van der Waals surface area contributed by atoms with Gasteiger partial charge in [-0.05, 0) is 31.4 Å². The van der Waals surface area contributed by atoms with Crippen molar-refractivity contribution in [2.24, 2.45) is 0 Å². The Kier molecular flexibility index (Phi) is 5.01. The maximum atomic E-state index is 12.3. The second-order valence-electron chi connectivity index (χ2n) is 5.08. The highest BCUT2D eigenvalue weighted by molar-refractivity contribution is 7.89. The van der Waals surface area contributed by atoms with Crippen LogP contribution in [0.3, 0.4) is 0 Å². The largest absolute Gasteiger partial charge is 0.393 e. The molecule has 0 aromatic heterocycles. The van der Waals surface area contributed by atoms with Gasteiger partial charge in [-0.1, -0.05) is 19.1 Å². The van der Waals surface area contributed by atoms with Crippen LogP contribution in [-0.4, -0.2) is 39.3 Å². The number of rotatable bonds is 5. The normalized spacial score (nSPS) is 17.4. The van der Waals surface area contributed by atoms with E-state index in [1.807, 2.05) is 24.0 Å². The Labute approximate surface area is 120 Å². The number of hydrogen-bond donors (Lipinski definition) is 2. The van der Waals surface area contributed by atoms with Gasteiger partial charge in [0, 0.05) is 19.6 Å². The van der Waals surface area contributed by atoms with E-state index >= 15 is 0 Å². The van der Waals surface area contributed by atoms with Crippen molar-refractivity contribution in [1.29, 1.82) is 0 Å². The number of nitrogens with zero attached hydrogens (tertiary/aromatic N) is 1. The Morgan fingerprint density at radius 2 is 1.95 bits per heavy atom. The van der Waals surface area contributed by atoms with E-state index in [4.69, 9.17) is 0 Å². The molecule has 6 heteroatoms. The van der Waals surface area contributed by atoms with Crippen LogP contribution in [-0.2, 0) is 10.0 Å². The van der Waals surface area contributed by atoms with Gasteiger partial charge in [0.25, 0.3) is 0 Å². The summed E-state index contributed by atoms with van der Waals surface area (Å²) in [6.07, 6.45) is 1.85. The third-order valence-electron chi connectivity index (χ3n) is 3.50. The molecule has 1 aromatic carbocycles. The number of aliphatic hydroxyl groups excluding tert-OH is 1. The van der Waals surface area contributed by atoms with E-state index < -0.39 is 10.0 Å². The molecule has 0 unspecified atom stereocenters. The fourth-order valence-electron chi connectivity index (χ4n) is 2.37. The molecule has 0 atom stereocenters. The summed E-state index contributed by atoms with van der Waals surface area (Å²) in [6.45, 7) is 3.73. The fourth-order valence-corrected chi connectivity index (χ4v) is 3.73. The summed E-state index contributed by atoms with van der Waals surface area (Å²) in [6, 6.07) is 7.05. The average molecular weight is 298 g/mol. The van der Waals surface area contributed by atoms with E-state index in [2.05, 4.69) is 4.72 Å². The minimum Gasteiger partial charge on any atom is -0.393 e. The monoisotopic (exact) mass is 298 g/mol. The molecule has 5 nitrogen and oxygen atoms in total. The fraction of sp³-hybridized carbons (Fsp3) is 0.571. The van der Waals surface area contributed by atoms with Crippen molar-refractivity contribution in [3.05, 3.63) is 24.3 Å². The van der Waals surface area contributed by atoms with Gasteiger partial charge in [-0.3, -0.25) is 0 Å². The van der Waals surface area contributed by atoms with E-state index in [0.29, 0.717) is 37.4 Å². The second kappa shape index (κ2) is 6.56. The first-order valence-electron chi connectivity index (χ1n) is 7.06. The van der Waals surface area contributed by atoms with Crippen LogP contribution >= 0.6 is 0 Å². The van der Waals surface area contributed by atoms with E-state index in [-0.39, 0.29) is 6.10 Å². The smallest absolute Gasteiger partial charge is 0.242 e. The first-order chi connectivity index (χ1) is 9.54. The van der Waals surface area contributed by atoms with Gasteiger partial charge in [0.05, 0.1) is 11.8 Å². The first kappa shape index (κ1) is 15.3. The molecule has 1 fully saturated rings. The molecule has 20 heavy (non-hydrogen) atoms. The average Bonchev–Trinajstić information content (AvgIpc) is 2.46. The Bertz CT molecular complexity index is 537. The molecule has 0 aliphatic carbocycles. The lowest BCUT2D eigenvalue weighted by Crippen LogP contribution is -2.37. The maximum absolute atomic E-state index is 12.3. The third kappa shape index (κ3) is 3.50. The van der Waals surface area contributed by atoms with Crippen LogP contribution in [0.4, 0.5) is 5.69 Å². The molecule has 112 valence electrons. The van der Waals surface area contributed by atoms with Crippen molar-refractivity contribution >= 4 is 15.7 Å². The summed E-state index contributed by atoms with van der Waals surface area (Å²) >= 11 is 0. The van der Waals surface area contributed by atoms with Gasteiger partial charge >= 0.3 is 0 Å². The SMILES string of the molecule is CCCNS(=O)(=O)c1ccccc1N1CCC(O)CC1. The number of aliphatic hydroxyl groups is 1. The van der Waals surface area contributed by atoms with Crippen molar-refractivity contribution in [3.8, 4) is 0 Å². The minimum atomic E-state index is -3.47. The number of anilines is 1. The van der Waals surface area contributed by atoms with Crippen molar-refractivity contribution in [3.63, 3.8) is 0 Å². The standard InChI is InChI=1S/C14H22N2O3S/c1-2-9-15-20(18,19)14-6-4-3-5-13(14)16-10-7-12(17)8-11-16/h3-6,12,15,17H,2,7-11H2,1H3. The molecule has 1 heterocycles. The summed E-state index contributed by atoms with van der Waals surface area (Å²) in [5, 5.41) is 9.56. The predicted octanol–water partition coefficient (Wildman–Crippen LogP) is 1.34. The Morgan fingerprint density at radius 1 is 1.30 bits per heavy atom. The number of para-hydroxylation sites is 1. The highest BCUT2D eigenvalue weighted by Gasteiger charge is 2.24. The molecular formula is C14H22N2O3S. The summed E-state index contributed by atoms with van der Waals surface area (Å²) < 4.78 is 27.3. The molecule has 1 aromatic rings. The Morgan fingerprint density at radius 3 is 2.60 bits per heavy atom. The van der Waals surface area contributed by atoms with Crippen LogP contribution in [0.25, 0.3) is 0 Å².